The van der Waals surface area contributed by atoms with Crippen LogP contribution in [-0.4, -0.2) is 20.9 Å². The lowest BCUT2D eigenvalue weighted by Gasteiger charge is -2.09. The summed E-state index contributed by atoms with van der Waals surface area (Å²) in [7, 11) is 0. The number of aryl methyl sites for hydroxylation is 1. The van der Waals surface area contributed by atoms with Crippen LogP contribution in [-0.2, 0) is 13.0 Å². The number of aromatic nitrogens is 2. The standard InChI is InChI=1S/C25H44F2N2O2/c1-3-5-7-9-11-13-15-17-19-21-22(25(30)31)23(24(26)27)28-29(21)20-18-16-14-12-10-8-6-4-2/h24H,3-20H2,1-2H3,(H,30,31). The molecule has 6 heteroatoms. The summed E-state index contributed by atoms with van der Waals surface area (Å²) in [6, 6.07) is 0. The highest BCUT2D eigenvalue weighted by Gasteiger charge is 2.28. The Bertz CT molecular complexity index is 603. The molecule has 0 spiro atoms. The smallest absolute Gasteiger partial charge is 0.339 e. The van der Waals surface area contributed by atoms with Crippen molar-refractivity contribution in [3.05, 3.63) is 17.0 Å². The molecule has 1 N–H and O–H groups in total. The van der Waals surface area contributed by atoms with Gasteiger partial charge in [0, 0.05) is 6.54 Å². The molecule has 0 saturated carbocycles. The molecule has 0 aliphatic rings. The van der Waals surface area contributed by atoms with Crippen LogP contribution in [0.3, 0.4) is 0 Å². The average molecular weight is 443 g/mol. The molecule has 0 atom stereocenters. The summed E-state index contributed by atoms with van der Waals surface area (Å²) >= 11 is 0. The first-order valence-corrected chi connectivity index (χ1v) is 12.6. The molecule has 0 aliphatic carbocycles. The predicted octanol–water partition coefficient (Wildman–Crippen LogP) is 8.34. The van der Waals surface area contributed by atoms with Gasteiger partial charge in [-0.2, -0.15) is 5.10 Å². The normalized spacial score (nSPS) is 11.5. The second kappa shape index (κ2) is 17.1. The first-order chi connectivity index (χ1) is 15.0. The van der Waals surface area contributed by atoms with Gasteiger partial charge in [-0.15, -0.1) is 0 Å². The van der Waals surface area contributed by atoms with Crippen molar-refractivity contribution in [2.45, 2.75) is 136 Å². The Morgan fingerprint density at radius 1 is 0.806 bits per heavy atom. The average Bonchev–Trinajstić information content (AvgIpc) is 3.11. The highest BCUT2D eigenvalue weighted by molar-refractivity contribution is 5.90. The number of hydrogen-bond donors (Lipinski definition) is 1. The van der Waals surface area contributed by atoms with Crippen molar-refractivity contribution in [1.29, 1.82) is 0 Å². The molecule has 4 nitrogen and oxygen atoms in total. The fourth-order valence-electron chi connectivity index (χ4n) is 4.16. The molecule has 0 bridgehead atoms. The van der Waals surface area contributed by atoms with E-state index in [-0.39, 0.29) is 5.56 Å². The molecule has 180 valence electrons. The van der Waals surface area contributed by atoms with E-state index >= 15 is 0 Å². The fraction of sp³-hybridized carbons (Fsp3) is 0.840. The molecule has 0 saturated heterocycles. The quantitative estimate of drug-likeness (QED) is 0.206. The SMILES string of the molecule is CCCCCCCCCCc1c(C(=O)O)c(C(F)F)nn1CCCCCCCCCC. The van der Waals surface area contributed by atoms with Crippen molar-refractivity contribution in [2.24, 2.45) is 0 Å². The number of aromatic carboxylic acids is 1. The van der Waals surface area contributed by atoms with Gasteiger partial charge in [-0.1, -0.05) is 104 Å². The van der Waals surface area contributed by atoms with Crippen LogP contribution in [0.25, 0.3) is 0 Å². The topological polar surface area (TPSA) is 55.1 Å². The van der Waals surface area contributed by atoms with E-state index in [4.69, 9.17) is 0 Å². The zero-order valence-electron chi connectivity index (χ0n) is 19.8. The molecule has 1 rings (SSSR count). The highest BCUT2D eigenvalue weighted by Crippen LogP contribution is 2.27. The first kappa shape index (κ1) is 27.6. The van der Waals surface area contributed by atoms with E-state index in [0.717, 1.165) is 38.5 Å². The van der Waals surface area contributed by atoms with Crippen LogP contribution in [0.1, 0.15) is 145 Å². The summed E-state index contributed by atoms with van der Waals surface area (Å²) < 4.78 is 28.4. The molecule has 1 aromatic heterocycles. The highest BCUT2D eigenvalue weighted by atomic mass is 19.3. The van der Waals surface area contributed by atoms with Crippen molar-refractivity contribution in [2.75, 3.05) is 0 Å². The van der Waals surface area contributed by atoms with E-state index < -0.39 is 18.1 Å². The van der Waals surface area contributed by atoms with Gasteiger partial charge in [0.15, 0.2) is 0 Å². The largest absolute Gasteiger partial charge is 0.478 e. The van der Waals surface area contributed by atoms with Crippen LogP contribution >= 0.6 is 0 Å². The number of rotatable bonds is 20. The van der Waals surface area contributed by atoms with Gasteiger partial charge in [0.2, 0.25) is 0 Å². The molecule has 0 unspecified atom stereocenters. The lowest BCUT2D eigenvalue weighted by Crippen LogP contribution is -2.09. The lowest BCUT2D eigenvalue weighted by molar-refractivity contribution is 0.0682. The van der Waals surface area contributed by atoms with Crippen molar-refractivity contribution in [1.82, 2.24) is 9.78 Å². The molecular weight excluding hydrogens is 398 g/mol. The molecule has 0 aromatic carbocycles. The Labute approximate surface area is 187 Å². The van der Waals surface area contributed by atoms with Gasteiger partial charge in [-0.25, -0.2) is 13.6 Å². The molecule has 1 aromatic rings. The zero-order valence-corrected chi connectivity index (χ0v) is 19.8. The van der Waals surface area contributed by atoms with E-state index in [0.29, 0.717) is 18.7 Å². The minimum absolute atomic E-state index is 0.266. The maximum atomic E-state index is 13.4. The number of nitrogens with zero attached hydrogens (tertiary/aromatic N) is 2. The predicted molar refractivity (Wildman–Crippen MR) is 123 cm³/mol. The van der Waals surface area contributed by atoms with E-state index in [1.807, 2.05) is 0 Å². The van der Waals surface area contributed by atoms with E-state index in [9.17, 15) is 18.7 Å². The second-order valence-electron chi connectivity index (χ2n) is 8.74. The van der Waals surface area contributed by atoms with Gasteiger partial charge in [-0.3, -0.25) is 4.68 Å². The third-order valence-corrected chi connectivity index (χ3v) is 6.00. The van der Waals surface area contributed by atoms with Gasteiger partial charge >= 0.3 is 5.97 Å². The van der Waals surface area contributed by atoms with Gasteiger partial charge in [0.1, 0.15) is 11.3 Å². The number of halogens is 2. The number of alkyl halides is 2. The number of carboxylic acid groups (broad SMARTS) is 1. The molecule has 1 heterocycles. The van der Waals surface area contributed by atoms with Crippen LogP contribution in [0.4, 0.5) is 8.78 Å². The van der Waals surface area contributed by atoms with Crippen molar-refractivity contribution in [3.63, 3.8) is 0 Å². The maximum Gasteiger partial charge on any atom is 0.339 e. The van der Waals surface area contributed by atoms with E-state index in [2.05, 4.69) is 18.9 Å². The summed E-state index contributed by atoms with van der Waals surface area (Å²) in [6.45, 7) is 4.92. The van der Waals surface area contributed by atoms with Gasteiger partial charge in [0.25, 0.3) is 6.43 Å². The first-order valence-electron chi connectivity index (χ1n) is 12.6. The Morgan fingerprint density at radius 2 is 1.26 bits per heavy atom. The number of unbranched alkanes of at least 4 members (excludes halogenated alkanes) is 14. The molecule has 0 amide bonds. The lowest BCUT2D eigenvalue weighted by atomic mass is 10.0. The summed E-state index contributed by atoms with van der Waals surface area (Å²) in [5, 5.41) is 13.6. The Hall–Kier alpha value is -1.46. The summed E-state index contributed by atoms with van der Waals surface area (Å²) in [5.74, 6) is -1.29. The number of carbonyl (C=O) groups is 1. The summed E-state index contributed by atoms with van der Waals surface area (Å²) in [6.07, 6.45) is 16.0. The fourth-order valence-corrected chi connectivity index (χ4v) is 4.16. The minimum atomic E-state index is -2.86. The van der Waals surface area contributed by atoms with Gasteiger partial charge in [0.05, 0.1) is 5.69 Å². The Balaban J connectivity index is 2.57. The zero-order chi connectivity index (χ0) is 22.9. The monoisotopic (exact) mass is 442 g/mol. The van der Waals surface area contributed by atoms with Crippen LogP contribution < -0.4 is 0 Å². The van der Waals surface area contributed by atoms with Crippen molar-refractivity contribution < 1.29 is 18.7 Å². The summed E-state index contributed by atoms with van der Waals surface area (Å²) in [5.41, 5.74) is -0.351. The minimum Gasteiger partial charge on any atom is -0.478 e. The van der Waals surface area contributed by atoms with E-state index in [1.54, 1.807) is 4.68 Å². The number of hydrogen-bond acceptors (Lipinski definition) is 2. The molecule has 0 aliphatic heterocycles. The van der Waals surface area contributed by atoms with Crippen LogP contribution in [0.2, 0.25) is 0 Å². The molecule has 0 radical (unpaired) electrons. The van der Waals surface area contributed by atoms with Crippen LogP contribution in [0, 0.1) is 0 Å². The van der Waals surface area contributed by atoms with Crippen molar-refractivity contribution >= 4 is 5.97 Å². The third kappa shape index (κ3) is 11.1. The van der Waals surface area contributed by atoms with E-state index in [1.165, 1.54) is 64.2 Å². The Morgan fingerprint density at radius 3 is 1.71 bits per heavy atom. The second-order valence-corrected chi connectivity index (χ2v) is 8.74. The van der Waals surface area contributed by atoms with Gasteiger partial charge < -0.3 is 5.11 Å². The van der Waals surface area contributed by atoms with Gasteiger partial charge in [-0.05, 0) is 19.3 Å². The third-order valence-electron chi connectivity index (χ3n) is 6.00. The van der Waals surface area contributed by atoms with Crippen molar-refractivity contribution in [3.8, 4) is 0 Å². The number of carboxylic acids is 1. The van der Waals surface area contributed by atoms with Crippen LogP contribution in [0.15, 0.2) is 0 Å². The molecular formula is C25H44F2N2O2. The maximum absolute atomic E-state index is 13.4. The molecule has 31 heavy (non-hydrogen) atoms. The van der Waals surface area contributed by atoms with Crippen LogP contribution in [0.5, 0.6) is 0 Å². The Kier molecular flexibility index (Phi) is 15.2. The molecule has 0 fully saturated rings. The summed E-state index contributed by atoms with van der Waals surface area (Å²) in [4.78, 5) is 11.7.